The minimum absolute atomic E-state index is 0.241. The summed E-state index contributed by atoms with van der Waals surface area (Å²) in [6, 6.07) is 5.39. The number of thiophene rings is 1. The lowest BCUT2D eigenvalue weighted by molar-refractivity contribution is -0.114. The lowest BCUT2D eigenvalue weighted by Crippen LogP contribution is -2.37. The third-order valence-electron chi connectivity index (χ3n) is 4.84. The fourth-order valence-corrected chi connectivity index (χ4v) is 5.84. The summed E-state index contributed by atoms with van der Waals surface area (Å²) in [5.41, 5.74) is 3.57. The van der Waals surface area contributed by atoms with Gasteiger partial charge >= 0.3 is 5.97 Å². The number of fused-ring (bicyclic) bond motifs is 1. The van der Waals surface area contributed by atoms with Crippen molar-refractivity contribution >= 4 is 43.9 Å². The molecule has 30 heavy (non-hydrogen) atoms. The highest BCUT2D eigenvalue weighted by Crippen LogP contribution is 2.39. The number of sulfonamides is 1. The predicted molar refractivity (Wildman–Crippen MR) is 119 cm³/mol. The van der Waals surface area contributed by atoms with Crippen LogP contribution in [-0.2, 0) is 32.4 Å². The van der Waals surface area contributed by atoms with Gasteiger partial charge in [0.15, 0.2) is 0 Å². The Morgan fingerprint density at radius 1 is 1.17 bits per heavy atom. The molecular formula is C21H26N2O5S2. The van der Waals surface area contributed by atoms with Crippen molar-refractivity contribution in [3.8, 4) is 0 Å². The number of hydrogen-bond donors (Lipinski definition) is 1. The number of nitrogens with one attached hydrogen (secondary N) is 1. The average molecular weight is 451 g/mol. The molecule has 1 heterocycles. The van der Waals surface area contributed by atoms with Gasteiger partial charge in [0, 0.05) is 4.88 Å². The van der Waals surface area contributed by atoms with E-state index in [2.05, 4.69) is 5.32 Å². The zero-order chi connectivity index (χ0) is 22.1. The Kier molecular flexibility index (Phi) is 6.52. The van der Waals surface area contributed by atoms with Crippen molar-refractivity contribution in [1.29, 1.82) is 0 Å². The van der Waals surface area contributed by atoms with E-state index in [0.29, 0.717) is 16.3 Å². The lowest BCUT2D eigenvalue weighted by atomic mass is 10.1. The number of hydrogen-bond acceptors (Lipinski definition) is 6. The zero-order valence-electron chi connectivity index (χ0n) is 17.6. The number of amides is 1. The van der Waals surface area contributed by atoms with Gasteiger partial charge < -0.3 is 10.1 Å². The molecule has 0 saturated heterocycles. The van der Waals surface area contributed by atoms with Crippen molar-refractivity contribution in [2.24, 2.45) is 0 Å². The van der Waals surface area contributed by atoms with Gasteiger partial charge in [-0.25, -0.2) is 13.2 Å². The van der Waals surface area contributed by atoms with Crippen molar-refractivity contribution in [1.82, 2.24) is 0 Å². The molecule has 0 aliphatic heterocycles. The summed E-state index contributed by atoms with van der Waals surface area (Å²) in [5.74, 6) is -0.966. The number of esters is 1. The van der Waals surface area contributed by atoms with Crippen LogP contribution < -0.4 is 9.62 Å². The second kappa shape index (κ2) is 8.77. The standard InChI is InChI=1S/C21H26N2O5S2/c1-5-28-21(25)19-16-7-6-8-17(16)29-20(19)22-18(24)12-23(30(4,26)27)15-10-13(2)9-14(3)11-15/h9-11H,5-8,12H2,1-4H3,(H,22,24). The summed E-state index contributed by atoms with van der Waals surface area (Å²) in [7, 11) is -3.69. The molecule has 1 aromatic heterocycles. The number of carbonyl (C=O) groups excluding carboxylic acids is 2. The molecule has 1 amide bonds. The van der Waals surface area contributed by atoms with Crippen LogP contribution in [-0.4, -0.2) is 39.7 Å². The Morgan fingerprint density at radius 2 is 1.83 bits per heavy atom. The van der Waals surface area contributed by atoms with Crippen molar-refractivity contribution in [3.05, 3.63) is 45.3 Å². The topological polar surface area (TPSA) is 92.8 Å². The Bertz CT molecular complexity index is 1070. The van der Waals surface area contributed by atoms with E-state index in [4.69, 9.17) is 4.74 Å². The zero-order valence-corrected chi connectivity index (χ0v) is 19.2. The van der Waals surface area contributed by atoms with Crippen LogP contribution in [0.3, 0.4) is 0 Å². The summed E-state index contributed by atoms with van der Waals surface area (Å²) in [4.78, 5) is 26.4. The van der Waals surface area contributed by atoms with Crippen LogP contribution in [0.2, 0.25) is 0 Å². The summed E-state index contributed by atoms with van der Waals surface area (Å²) in [6.45, 7) is 5.33. The monoisotopic (exact) mass is 450 g/mol. The Morgan fingerprint density at radius 3 is 2.43 bits per heavy atom. The number of anilines is 2. The molecule has 0 unspecified atom stereocenters. The Balaban J connectivity index is 1.87. The maximum Gasteiger partial charge on any atom is 0.341 e. The van der Waals surface area contributed by atoms with Gasteiger partial charge in [0.05, 0.1) is 24.1 Å². The number of rotatable bonds is 7. The molecular weight excluding hydrogens is 424 g/mol. The maximum absolute atomic E-state index is 12.8. The largest absolute Gasteiger partial charge is 0.462 e. The van der Waals surface area contributed by atoms with Crippen LogP contribution in [0.1, 0.15) is 45.3 Å². The third-order valence-corrected chi connectivity index (χ3v) is 7.18. The van der Waals surface area contributed by atoms with Crippen LogP contribution in [0.25, 0.3) is 0 Å². The fraction of sp³-hybridized carbons (Fsp3) is 0.429. The van der Waals surface area contributed by atoms with Crippen LogP contribution in [0, 0.1) is 13.8 Å². The summed E-state index contributed by atoms with van der Waals surface area (Å²) in [6.07, 6.45) is 3.67. The Hall–Kier alpha value is -2.39. The fourth-order valence-electron chi connectivity index (χ4n) is 3.70. The molecule has 0 saturated carbocycles. The van der Waals surface area contributed by atoms with E-state index in [1.165, 1.54) is 11.3 Å². The number of nitrogens with zero attached hydrogens (tertiary/aromatic N) is 1. The lowest BCUT2D eigenvalue weighted by Gasteiger charge is -2.22. The maximum atomic E-state index is 12.8. The number of aryl methyl sites for hydroxylation is 3. The number of ether oxygens (including phenoxy) is 1. The van der Waals surface area contributed by atoms with E-state index >= 15 is 0 Å². The second-order valence-corrected chi connectivity index (χ2v) is 10.5. The molecule has 1 N–H and O–H groups in total. The first-order valence-corrected chi connectivity index (χ1v) is 12.4. The smallest absolute Gasteiger partial charge is 0.341 e. The average Bonchev–Trinajstić information content (AvgIpc) is 3.18. The number of carbonyl (C=O) groups is 2. The van der Waals surface area contributed by atoms with Crippen molar-refractivity contribution in [2.75, 3.05) is 29.0 Å². The molecule has 1 aliphatic rings. The molecule has 9 heteroatoms. The van der Waals surface area contributed by atoms with Gasteiger partial charge in [-0.15, -0.1) is 11.3 Å². The van der Waals surface area contributed by atoms with Gasteiger partial charge in [-0.1, -0.05) is 6.07 Å². The molecule has 1 aromatic carbocycles. The van der Waals surface area contributed by atoms with Crippen LogP contribution >= 0.6 is 11.3 Å². The Labute approximate surface area is 181 Å². The molecule has 0 fully saturated rings. The highest BCUT2D eigenvalue weighted by molar-refractivity contribution is 7.92. The summed E-state index contributed by atoms with van der Waals surface area (Å²) >= 11 is 1.37. The predicted octanol–water partition coefficient (Wildman–Crippen LogP) is 3.44. The van der Waals surface area contributed by atoms with Gasteiger partial charge in [0.1, 0.15) is 11.5 Å². The molecule has 0 spiro atoms. The van der Waals surface area contributed by atoms with E-state index in [9.17, 15) is 18.0 Å². The van der Waals surface area contributed by atoms with Gasteiger partial charge in [0.25, 0.3) is 0 Å². The van der Waals surface area contributed by atoms with Crippen molar-refractivity contribution in [3.63, 3.8) is 0 Å². The molecule has 0 radical (unpaired) electrons. The molecule has 2 aromatic rings. The molecule has 0 bridgehead atoms. The quantitative estimate of drug-likeness (QED) is 0.653. The highest BCUT2D eigenvalue weighted by atomic mass is 32.2. The first-order chi connectivity index (χ1) is 14.1. The molecule has 1 aliphatic carbocycles. The van der Waals surface area contributed by atoms with Gasteiger partial charge in [-0.3, -0.25) is 9.10 Å². The van der Waals surface area contributed by atoms with Crippen LogP contribution in [0.5, 0.6) is 0 Å². The first-order valence-electron chi connectivity index (χ1n) is 9.77. The van der Waals surface area contributed by atoms with Gasteiger partial charge in [-0.05, 0) is 68.9 Å². The van der Waals surface area contributed by atoms with Crippen LogP contribution in [0.15, 0.2) is 18.2 Å². The molecule has 162 valence electrons. The minimum Gasteiger partial charge on any atom is -0.462 e. The van der Waals surface area contributed by atoms with Crippen molar-refractivity contribution < 1.29 is 22.7 Å². The molecule has 0 atom stereocenters. The normalized spacial score (nSPS) is 13.1. The molecule has 3 rings (SSSR count). The van der Waals surface area contributed by atoms with E-state index in [-0.39, 0.29) is 13.2 Å². The second-order valence-electron chi connectivity index (χ2n) is 7.45. The molecule has 7 nitrogen and oxygen atoms in total. The van der Waals surface area contributed by atoms with E-state index < -0.39 is 21.9 Å². The van der Waals surface area contributed by atoms with Gasteiger partial charge in [0.2, 0.25) is 15.9 Å². The summed E-state index contributed by atoms with van der Waals surface area (Å²) in [5, 5.41) is 3.18. The van der Waals surface area contributed by atoms with E-state index in [1.807, 2.05) is 19.9 Å². The summed E-state index contributed by atoms with van der Waals surface area (Å²) < 4.78 is 31.0. The van der Waals surface area contributed by atoms with E-state index in [1.54, 1.807) is 19.1 Å². The minimum atomic E-state index is -3.69. The van der Waals surface area contributed by atoms with E-state index in [0.717, 1.165) is 51.4 Å². The van der Waals surface area contributed by atoms with Gasteiger partial charge in [-0.2, -0.15) is 0 Å². The number of benzene rings is 1. The first kappa shape index (κ1) is 22.3. The highest BCUT2D eigenvalue weighted by Gasteiger charge is 2.29. The third kappa shape index (κ3) is 4.84. The van der Waals surface area contributed by atoms with Crippen LogP contribution in [0.4, 0.5) is 10.7 Å². The van der Waals surface area contributed by atoms with Crippen molar-refractivity contribution in [2.45, 2.75) is 40.0 Å². The SMILES string of the molecule is CCOC(=O)c1c(NC(=O)CN(c2cc(C)cc(C)c2)S(C)(=O)=O)sc2c1CCC2.